The molecule has 3 heterocycles. The first-order chi connectivity index (χ1) is 34.5. The number of rotatable bonds is 8. The van der Waals surface area contributed by atoms with Crippen LogP contribution in [0.3, 0.4) is 0 Å². The molecular formula is C63H43N7. The molecule has 70 heavy (non-hydrogen) atoms. The molecular weight excluding hydrogens is 855 g/mol. The van der Waals surface area contributed by atoms with Gasteiger partial charge >= 0.3 is 0 Å². The van der Waals surface area contributed by atoms with Gasteiger partial charge in [-0.3, -0.25) is 0 Å². The molecule has 0 fully saturated rings. The third-order valence-electron chi connectivity index (χ3n) is 13.7. The smallest absolute Gasteiger partial charge is 0.166 e. The van der Waals surface area contributed by atoms with Gasteiger partial charge in [-0.05, 0) is 63.7 Å². The predicted octanol–water partition coefficient (Wildman–Crippen LogP) is 15.1. The van der Waals surface area contributed by atoms with Crippen molar-refractivity contribution in [1.82, 2.24) is 34.5 Å². The first kappa shape index (κ1) is 41.0. The van der Waals surface area contributed by atoms with Crippen LogP contribution < -0.4 is 0 Å². The largest absolute Gasteiger partial charge is 0.309 e. The Hall–Kier alpha value is -9.20. The fraction of sp³-hybridized carbons (Fsp3) is 0.0476. The van der Waals surface area contributed by atoms with Crippen LogP contribution in [0, 0.1) is 0 Å². The summed E-state index contributed by atoms with van der Waals surface area (Å²) in [6, 6.07) is 77.9. The van der Waals surface area contributed by atoms with E-state index in [9.17, 15) is 0 Å². The molecule has 7 heteroatoms. The van der Waals surface area contributed by atoms with Gasteiger partial charge in [-0.2, -0.15) is 0 Å². The van der Waals surface area contributed by atoms with Gasteiger partial charge < -0.3 is 4.57 Å². The van der Waals surface area contributed by atoms with Gasteiger partial charge in [-0.15, -0.1) is 0 Å². The second-order valence-corrected chi connectivity index (χ2v) is 18.3. The monoisotopic (exact) mass is 897 g/mol. The third kappa shape index (κ3) is 6.89. The third-order valence-corrected chi connectivity index (χ3v) is 13.7. The normalized spacial score (nSPS) is 12.5. The fourth-order valence-electron chi connectivity index (χ4n) is 10.4. The minimum Gasteiger partial charge on any atom is -0.309 e. The summed E-state index contributed by atoms with van der Waals surface area (Å²) < 4.78 is 2.32. The molecule has 0 saturated heterocycles. The minimum atomic E-state index is -0.284. The number of hydrogen-bond donors (Lipinski definition) is 0. The van der Waals surface area contributed by atoms with E-state index >= 15 is 0 Å². The Morgan fingerprint density at radius 1 is 0.300 bits per heavy atom. The molecule has 1 aliphatic rings. The molecule has 12 aromatic rings. The summed E-state index contributed by atoms with van der Waals surface area (Å²) in [4.78, 5) is 31.8. The van der Waals surface area contributed by atoms with Crippen molar-refractivity contribution in [2.45, 2.75) is 19.3 Å². The van der Waals surface area contributed by atoms with Crippen LogP contribution in [0.2, 0.25) is 0 Å². The molecule has 0 radical (unpaired) electrons. The highest BCUT2D eigenvalue weighted by Crippen LogP contribution is 2.52. The van der Waals surface area contributed by atoms with Crippen molar-refractivity contribution < 1.29 is 0 Å². The lowest BCUT2D eigenvalue weighted by atomic mass is 9.80. The van der Waals surface area contributed by atoms with Crippen LogP contribution in [0.25, 0.3) is 118 Å². The van der Waals surface area contributed by atoms with Crippen molar-refractivity contribution in [1.29, 1.82) is 0 Å². The van der Waals surface area contributed by atoms with Gasteiger partial charge in [-0.1, -0.05) is 208 Å². The van der Waals surface area contributed by atoms with E-state index in [0.717, 1.165) is 72.0 Å². The van der Waals surface area contributed by atoms with Crippen LogP contribution in [-0.4, -0.2) is 34.5 Å². The highest BCUT2D eigenvalue weighted by atomic mass is 15.1. The van der Waals surface area contributed by atoms with E-state index in [1.54, 1.807) is 0 Å². The van der Waals surface area contributed by atoms with Crippen LogP contribution in [0.15, 0.2) is 224 Å². The van der Waals surface area contributed by atoms with E-state index in [2.05, 4.69) is 188 Å². The van der Waals surface area contributed by atoms with E-state index in [1.807, 2.05) is 54.6 Å². The molecule has 0 unspecified atom stereocenters. The molecule has 330 valence electrons. The van der Waals surface area contributed by atoms with Crippen LogP contribution in [-0.2, 0) is 5.41 Å². The average molecular weight is 898 g/mol. The maximum Gasteiger partial charge on any atom is 0.166 e. The van der Waals surface area contributed by atoms with Crippen LogP contribution in [0.1, 0.15) is 25.0 Å². The number of nitrogens with zero attached hydrogens (tertiary/aromatic N) is 7. The summed E-state index contributed by atoms with van der Waals surface area (Å²) in [5.74, 6) is 3.40. The molecule has 0 amide bonds. The summed E-state index contributed by atoms with van der Waals surface area (Å²) in [6.07, 6.45) is 0. The summed E-state index contributed by atoms with van der Waals surface area (Å²) in [6.45, 7) is 4.59. The maximum absolute atomic E-state index is 5.41. The highest BCUT2D eigenvalue weighted by molar-refractivity contribution is 6.09. The van der Waals surface area contributed by atoms with Gasteiger partial charge in [0.25, 0.3) is 0 Å². The lowest BCUT2D eigenvalue weighted by Crippen LogP contribution is -2.17. The van der Waals surface area contributed by atoms with Crippen LogP contribution in [0.4, 0.5) is 0 Å². The highest BCUT2D eigenvalue weighted by Gasteiger charge is 2.38. The van der Waals surface area contributed by atoms with E-state index in [1.165, 1.54) is 22.3 Å². The Balaban J connectivity index is 1.06. The van der Waals surface area contributed by atoms with Gasteiger partial charge in [0.1, 0.15) is 0 Å². The standard InChI is InChI=1S/C63H43N7/c1-63(2)52-30-15-12-25-46(52)49-28-18-29-50(56(49)63)61-66-58(43-23-10-5-11-24-43)65-60(69-61)45-37-38-55(70-53-31-16-13-26-47(53)48-27-14-17-32-54(48)70)51(39-45)62-67-57(42-21-8-4-9-22-42)64-59(68-62)44-35-33-41(34-36-44)40-19-6-3-7-20-40/h3-39H,1-2H3. The Morgan fingerprint density at radius 2 is 0.700 bits per heavy atom. The Kier molecular flexibility index (Phi) is 9.69. The zero-order chi connectivity index (χ0) is 46.8. The zero-order valence-electron chi connectivity index (χ0n) is 38.5. The maximum atomic E-state index is 5.41. The van der Waals surface area contributed by atoms with Gasteiger partial charge in [0.05, 0.1) is 16.7 Å². The Morgan fingerprint density at radius 3 is 1.30 bits per heavy atom. The van der Waals surface area contributed by atoms with Crippen LogP contribution in [0.5, 0.6) is 0 Å². The lowest BCUT2D eigenvalue weighted by Gasteiger charge is -2.24. The fourth-order valence-corrected chi connectivity index (χ4v) is 10.4. The molecule has 0 spiro atoms. The van der Waals surface area contributed by atoms with Crippen molar-refractivity contribution >= 4 is 21.8 Å². The quantitative estimate of drug-likeness (QED) is 0.151. The number of benzene rings is 9. The molecule has 0 bridgehead atoms. The van der Waals surface area contributed by atoms with E-state index < -0.39 is 0 Å². The average Bonchev–Trinajstić information content (AvgIpc) is 3.89. The van der Waals surface area contributed by atoms with Crippen molar-refractivity contribution in [2.24, 2.45) is 0 Å². The Labute approximate surface area is 405 Å². The van der Waals surface area contributed by atoms with Gasteiger partial charge in [0.2, 0.25) is 0 Å². The number of aromatic nitrogens is 7. The summed E-state index contributed by atoms with van der Waals surface area (Å²) in [5, 5.41) is 2.31. The van der Waals surface area contributed by atoms with Crippen LogP contribution >= 0.6 is 0 Å². The summed E-state index contributed by atoms with van der Waals surface area (Å²) in [5.41, 5.74) is 15.2. The number of fused-ring (bicyclic) bond motifs is 6. The van der Waals surface area contributed by atoms with Gasteiger partial charge in [-0.25, -0.2) is 29.9 Å². The second kappa shape index (κ2) is 16.5. The molecule has 3 aromatic heterocycles. The molecule has 0 atom stereocenters. The van der Waals surface area contributed by atoms with Crippen molar-refractivity contribution in [3.63, 3.8) is 0 Å². The molecule has 13 rings (SSSR count). The number of hydrogen-bond acceptors (Lipinski definition) is 6. The van der Waals surface area contributed by atoms with Crippen molar-refractivity contribution in [3.8, 4) is 96.3 Å². The number of para-hydroxylation sites is 2. The molecule has 9 aromatic carbocycles. The molecule has 0 saturated carbocycles. The topological polar surface area (TPSA) is 82.3 Å². The van der Waals surface area contributed by atoms with E-state index in [0.29, 0.717) is 34.9 Å². The van der Waals surface area contributed by atoms with E-state index in [4.69, 9.17) is 29.9 Å². The first-order valence-corrected chi connectivity index (χ1v) is 23.6. The SMILES string of the molecule is CC1(C)c2ccccc2-c2cccc(-c3nc(-c4ccccc4)nc(-c4ccc(-n5c6ccccc6c6ccccc65)c(-c5nc(-c6ccccc6)nc(-c6ccc(-c7ccccc7)cc6)n5)c4)n3)c21. The predicted molar refractivity (Wildman–Crippen MR) is 283 cm³/mol. The van der Waals surface area contributed by atoms with Crippen molar-refractivity contribution in [3.05, 3.63) is 236 Å². The molecule has 1 aliphatic carbocycles. The van der Waals surface area contributed by atoms with Crippen molar-refractivity contribution in [2.75, 3.05) is 0 Å². The minimum absolute atomic E-state index is 0.284. The van der Waals surface area contributed by atoms with Gasteiger partial charge in [0, 0.05) is 49.6 Å². The second-order valence-electron chi connectivity index (χ2n) is 18.3. The Bertz CT molecular complexity index is 3900. The summed E-state index contributed by atoms with van der Waals surface area (Å²) in [7, 11) is 0. The molecule has 0 aliphatic heterocycles. The zero-order valence-corrected chi connectivity index (χ0v) is 38.5. The van der Waals surface area contributed by atoms with E-state index in [-0.39, 0.29) is 5.41 Å². The lowest BCUT2D eigenvalue weighted by molar-refractivity contribution is 0.661. The first-order valence-electron chi connectivity index (χ1n) is 23.6. The molecule has 7 nitrogen and oxygen atoms in total. The van der Waals surface area contributed by atoms with Gasteiger partial charge in [0.15, 0.2) is 34.9 Å². The summed E-state index contributed by atoms with van der Waals surface area (Å²) >= 11 is 0. The molecule has 0 N–H and O–H groups in total.